The molecule has 70 valence electrons. The summed E-state index contributed by atoms with van der Waals surface area (Å²) in [7, 11) is 0. The van der Waals surface area contributed by atoms with Crippen LogP contribution in [0.4, 0.5) is 5.95 Å². The Hall–Kier alpha value is -1.97. The van der Waals surface area contributed by atoms with E-state index in [4.69, 9.17) is 5.73 Å². The van der Waals surface area contributed by atoms with Gasteiger partial charge in [-0.3, -0.25) is 4.98 Å². The van der Waals surface area contributed by atoms with Crippen molar-refractivity contribution in [2.75, 3.05) is 5.73 Å². The van der Waals surface area contributed by atoms with Crippen LogP contribution in [0.15, 0.2) is 30.7 Å². The second kappa shape index (κ2) is 3.41. The maximum absolute atomic E-state index is 5.52. The average Bonchev–Trinajstić information content (AvgIpc) is 2.23. The highest BCUT2D eigenvalue weighted by Gasteiger charge is 2.04. The van der Waals surface area contributed by atoms with Crippen LogP contribution in [0, 0.1) is 6.92 Å². The Labute approximate surface area is 81.9 Å². The maximum Gasteiger partial charge on any atom is 0.220 e. The van der Waals surface area contributed by atoms with Gasteiger partial charge in [-0.05, 0) is 24.6 Å². The molecule has 0 amide bonds. The van der Waals surface area contributed by atoms with Crippen LogP contribution in [0.25, 0.3) is 11.3 Å². The van der Waals surface area contributed by atoms with Crippen LogP contribution in [0.5, 0.6) is 0 Å². The minimum absolute atomic E-state index is 0.287. The third kappa shape index (κ3) is 1.54. The molecule has 0 aromatic carbocycles. The molecular formula is C10H10N4. The largest absolute Gasteiger partial charge is 0.368 e. The second-order valence-corrected chi connectivity index (χ2v) is 3.00. The van der Waals surface area contributed by atoms with Gasteiger partial charge in [-0.2, -0.15) is 0 Å². The van der Waals surface area contributed by atoms with Gasteiger partial charge in [-0.15, -0.1) is 0 Å². The Kier molecular flexibility index (Phi) is 2.10. The number of aromatic nitrogens is 3. The van der Waals surface area contributed by atoms with Gasteiger partial charge in [0.15, 0.2) is 0 Å². The smallest absolute Gasteiger partial charge is 0.220 e. The minimum atomic E-state index is 0.287. The molecule has 2 rings (SSSR count). The third-order valence-corrected chi connectivity index (χ3v) is 1.93. The number of rotatable bonds is 1. The molecular weight excluding hydrogens is 176 g/mol. The number of nitrogens with zero attached hydrogens (tertiary/aromatic N) is 3. The molecule has 2 aromatic heterocycles. The van der Waals surface area contributed by atoms with Crippen molar-refractivity contribution in [3.05, 3.63) is 36.3 Å². The van der Waals surface area contributed by atoms with Gasteiger partial charge in [-0.25, -0.2) is 9.97 Å². The molecule has 2 aromatic rings. The maximum atomic E-state index is 5.52. The van der Waals surface area contributed by atoms with Crippen molar-refractivity contribution in [2.45, 2.75) is 6.92 Å². The summed E-state index contributed by atoms with van der Waals surface area (Å²) in [4.78, 5) is 12.1. The van der Waals surface area contributed by atoms with Gasteiger partial charge in [-0.1, -0.05) is 0 Å². The standard InChI is InChI=1S/C10H10N4/c1-7-5-13-10(11)14-9(7)8-3-2-4-12-6-8/h2-6H,1H3,(H2,11,13,14). The highest BCUT2D eigenvalue weighted by atomic mass is 15.0. The molecule has 14 heavy (non-hydrogen) atoms. The van der Waals surface area contributed by atoms with Crippen LogP contribution in [-0.2, 0) is 0 Å². The Morgan fingerprint density at radius 3 is 2.86 bits per heavy atom. The topological polar surface area (TPSA) is 64.7 Å². The normalized spacial score (nSPS) is 10.1. The van der Waals surface area contributed by atoms with Crippen molar-refractivity contribution in [1.29, 1.82) is 0 Å². The molecule has 0 aliphatic heterocycles. The van der Waals surface area contributed by atoms with Gasteiger partial charge in [0.2, 0.25) is 5.95 Å². The highest BCUT2D eigenvalue weighted by Crippen LogP contribution is 2.19. The Morgan fingerprint density at radius 2 is 2.14 bits per heavy atom. The number of hydrogen-bond acceptors (Lipinski definition) is 4. The predicted molar refractivity (Wildman–Crippen MR) is 54.4 cm³/mol. The molecule has 0 aliphatic rings. The zero-order valence-electron chi connectivity index (χ0n) is 7.81. The van der Waals surface area contributed by atoms with E-state index in [1.807, 2.05) is 19.1 Å². The first-order valence-electron chi connectivity index (χ1n) is 4.27. The van der Waals surface area contributed by atoms with Gasteiger partial charge in [0.05, 0.1) is 5.69 Å². The fourth-order valence-corrected chi connectivity index (χ4v) is 1.25. The lowest BCUT2D eigenvalue weighted by atomic mass is 10.1. The average molecular weight is 186 g/mol. The van der Waals surface area contributed by atoms with Crippen molar-refractivity contribution in [3.8, 4) is 11.3 Å². The van der Waals surface area contributed by atoms with E-state index in [9.17, 15) is 0 Å². The van der Waals surface area contributed by atoms with Crippen LogP contribution in [0.3, 0.4) is 0 Å². The Bertz CT molecular complexity index is 439. The van der Waals surface area contributed by atoms with Crippen molar-refractivity contribution < 1.29 is 0 Å². The van der Waals surface area contributed by atoms with Crippen LogP contribution >= 0.6 is 0 Å². The lowest BCUT2D eigenvalue weighted by Gasteiger charge is -2.03. The predicted octanol–water partition coefficient (Wildman–Crippen LogP) is 1.43. The summed E-state index contributed by atoms with van der Waals surface area (Å²) in [5.41, 5.74) is 8.31. The molecule has 0 fully saturated rings. The molecule has 0 spiro atoms. The van der Waals surface area contributed by atoms with Crippen LogP contribution < -0.4 is 5.73 Å². The number of nitrogen functional groups attached to an aromatic ring is 1. The third-order valence-electron chi connectivity index (χ3n) is 1.93. The highest BCUT2D eigenvalue weighted by molar-refractivity contribution is 5.62. The van der Waals surface area contributed by atoms with Crippen molar-refractivity contribution in [3.63, 3.8) is 0 Å². The van der Waals surface area contributed by atoms with Crippen molar-refractivity contribution in [1.82, 2.24) is 15.0 Å². The number of anilines is 1. The fourth-order valence-electron chi connectivity index (χ4n) is 1.25. The number of pyridine rings is 1. The minimum Gasteiger partial charge on any atom is -0.368 e. The van der Waals surface area contributed by atoms with Crippen LogP contribution in [0.1, 0.15) is 5.56 Å². The summed E-state index contributed by atoms with van der Waals surface area (Å²) in [5, 5.41) is 0. The van der Waals surface area contributed by atoms with E-state index in [1.165, 1.54) is 0 Å². The lowest BCUT2D eigenvalue weighted by molar-refractivity contribution is 1.14. The van der Waals surface area contributed by atoms with E-state index in [1.54, 1.807) is 18.6 Å². The quantitative estimate of drug-likeness (QED) is 0.731. The zero-order chi connectivity index (χ0) is 9.97. The Morgan fingerprint density at radius 1 is 1.29 bits per heavy atom. The van der Waals surface area contributed by atoms with Crippen LogP contribution in [0.2, 0.25) is 0 Å². The first-order valence-corrected chi connectivity index (χ1v) is 4.27. The van der Waals surface area contributed by atoms with E-state index in [2.05, 4.69) is 15.0 Å². The Balaban J connectivity index is 2.57. The van der Waals surface area contributed by atoms with Gasteiger partial charge < -0.3 is 5.73 Å². The summed E-state index contributed by atoms with van der Waals surface area (Å²) in [6.07, 6.45) is 5.20. The van der Waals surface area contributed by atoms with Gasteiger partial charge >= 0.3 is 0 Å². The van der Waals surface area contributed by atoms with Crippen molar-refractivity contribution in [2.24, 2.45) is 0 Å². The molecule has 0 unspecified atom stereocenters. The molecule has 0 radical (unpaired) electrons. The summed E-state index contributed by atoms with van der Waals surface area (Å²) >= 11 is 0. The molecule has 2 N–H and O–H groups in total. The summed E-state index contributed by atoms with van der Waals surface area (Å²) < 4.78 is 0. The number of aryl methyl sites for hydroxylation is 1. The van der Waals surface area contributed by atoms with E-state index in [0.29, 0.717) is 0 Å². The first-order chi connectivity index (χ1) is 6.77. The molecule has 0 saturated carbocycles. The van der Waals surface area contributed by atoms with Crippen LogP contribution in [-0.4, -0.2) is 15.0 Å². The van der Waals surface area contributed by atoms with Crippen molar-refractivity contribution >= 4 is 5.95 Å². The van der Waals surface area contributed by atoms with E-state index in [-0.39, 0.29) is 5.95 Å². The van der Waals surface area contributed by atoms with Gasteiger partial charge in [0.1, 0.15) is 0 Å². The summed E-state index contributed by atoms with van der Waals surface area (Å²) in [6.45, 7) is 1.95. The number of nitrogens with two attached hydrogens (primary N) is 1. The van der Waals surface area contributed by atoms with E-state index >= 15 is 0 Å². The van der Waals surface area contributed by atoms with E-state index in [0.717, 1.165) is 16.8 Å². The first kappa shape index (κ1) is 8.62. The molecule has 2 heterocycles. The zero-order valence-corrected chi connectivity index (χ0v) is 7.81. The molecule has 4 nitrogen and oxygen atoms in total. The van der Waals surface area contributed by atoms with E-state index < -0.39 is 0 Å². The van der Waals surface area contributed by atoms with Gasteiger partial charge in [0, 0.05) is 24.2 Å². The van der Waals surface area contributed by atoms with Gasteiger partial charge in [0.25, 0.3) is 0 Å². The molecule has 0 atom stereocenters. The SMILES string of the molecule is Cc1cnc(N)nc1-c1cccnc1. The number of hydrogen-bond donors (Lipinski definition) is 1. The molecule has 0 bridgehead atoms. The summed E-state index contributed by atoms with van der Waals surface area (Å²) in [6, 6.07) is 3.81. The molecule has 0 saturated heterocycles. The molecule has 4 heteroatoms. The lowest BCUT2D eigenvalue weighted by Crippen LogP contribution is -1.98. The molecule has 0 aliphatic carbocycles. The fraction of sp³-hybridized carbons (Fsp3) is 0.100. The second-order valence-electron chi connectivity index (χ2n) is 3.00. The summed E-state index contributed by atoms with van der Waals surface area (Å²) in [5.74, 6) is 0.287. The monoisotopic (exact) mass is 186 g/mol.